The van der Waals surface area contributed by atoms with Crippen LogP contribution in [0.3, 0.4) is 0 Å². The van der Waals surface area contributed by atoms with Gasteiger partial charge in [-0.2, -0.15) is 0 Å². The molecule has 2 N–H and O–H groups in total. The second kappa shape index (κ2) is 8.42. The summed E-state index contributed by atoms with van der Waals surface area (Å²) in [5.74, 6) is 0.00409. The van der Waals surface area contributed by atoms with Gasteiger partial charge < -0.3 is 15.5 Å². The van der Waals surface area contributed by atoms with E-state index in [1.54, 1.807) is 11.9 Å². The number of hydrogen-bond acceptors (Lipinski definition) is 3. The van der Waals surface area contributed by atoms with Crippen molar-refractivity contribution in [3.8, 4) is 0 Å². The number of carbonyl (C=O) groups excluding carboxylic acids is 2. The zero-order chi connectivity index (χ0) is 15.8. The first-order valence-electron chi connectivity index (χ1n) is 7.22. The average Bonchev–Trinajstić information content (AvgIpc) is 2.38. The minimum atomic E-state index is -0.0137. The van der Waals surface area contributed by atoms with Gasteiger partial charge in [-0.3, -0.25) is 9.59 Å². The lowest BCUT2D eigenvalue weighted by Gasteiger charge is -2.15. The topological polar surface area (TPSA) is 61.4 Å². The molecule has 0 saturated heterocycles. The van der Waals surface area contributed by atoms with Crippen LogP contribution in [-0.4, -0.2) is 36.3 Å². The quantitative estimate of drug-likeness (QED) is 0.807. The fourth-order valence-electron chi connectivity index (χ4n) is 1.83. The molecule has 0 aliphatic carbocycles. The molecule has 1 aromatic rings. The molecule has 0 spiro atoms. The Balaban J connectivity index is 2.52. The molecule has 116 valence electrons. The normalized spacial score (nSPS) is 10.5. The van der Waals surface area contributed by atoms with Crippen molar-refractivity contribution in [2.75, 3.05) is 18.9 Å². The SMILES string of the molecule is CC(=O)N(C)Cc1cccc(NC(=O)CCNC(C)C)c1. The van der Waals surface area contributed by atoms with Crippen molar-refractivity contribution in [2.24, 2.45) is 0 Å². The van der Waals surface area contributed by atoms with Crippen LogP contribution in [-0.2, 0) is 16.1 Å². The van der Waals surface area contributed by atoms with Crippen molar-refractivity contribution in [1.29, 1.82) is 0 Å². The molecule has 1 aromatic carbocycles. The monoisotopic (exact) mass is 291 g/mol. The zero-order valence-corrected chi connectivity index (χ0v) is 13.3. The highest BCUT2D eigenvalue weighted by atomic mass is 16.2. The number of nitrogens with zero attached hydrogens (tertiary/aromatic N) is 1. The first kappa shape index (κ1) is 17.2. The lowest BCUT2D eigenvalue weighted by atomic mass is 10.2. The summed E-state index contributed by atoms with van der Waals surface area (Å²) in [5.41, 5.74) is 1.75. The lowest BCUT2D eigenvalue weighted by molar-refractivity contribution is -0.128. The summed E-state index contributed by atoms with van der Waals surface area (Å²) in [5, 5.41) is 6.08. The Hall–Kier alpha value is -1.88. The number of benzene rings is 1. The third kappa shape index (κ3) is 6.90. The van der Waals surface area contributed by atoms with E-state index in [4.69, 9.17) is 0 Å². The summed E-state index contributed by atoms with van der Waals surface area (Å²) in [6.07, 6.45) is 0.440. The minimum Gasteiger partial charge on any atom is -0.342 e. The van der Waals surface area contributed by atoms with E-state index in [-0.39, 0.29) is 11.8 Å². The van der Waals surface area contributed by atoms with Crippen molar-refractivity contribution in [3.05, 3.63) is 29.8 Å². The molecule has 0 fully saturated rings. The molecule has 0 bridgehead atoms. The first-order chi connectivity index (χ1) is 9.88. The molecule has 0 saturated carbocycles. The molecule has 0 heterocycles. The van der Waals surface area contributed by atoms with Gasteiger partial charge >= 0.3 is 0 Å². The van der Waals surface area contributed by atoms with Crippen LogP contribution in [0.1, 0.15) is 32.8 Å². The molecule has 5 heteroatoms. The van der Waals surface area contributed by atoms with Gasteiger partial charge in [0.25, 0.3) is 0 Å². The highest BCUT2D eigenvalue weighted by molar-refractivity contribution is 5.90. The molecule has 0 atom stereocenters. The second-order valence-electron chi connectivity index (χ2n) is 5.48. The van der Waals surface area contributed by atoms with Crippen LogP contribution in [0.15, 0.2) is 24.3 Å². The number of hydrogen-bond donors (Lipinski definition) is 2. The number of carbonyl (C=O) groups is 2. The van der Waals surface area contributed by atoms with Gasteiger partial charge in [-0.05, 0) is 17.7 Å². The van der Waals surface area contributed by atoms with E-state index < -0.39 is 0 Å². The highest BCUT2D eigenvalue weighted by Crippen LogP contribution is 2.12. The van der Waals surface area contributed by atoms with Gasteiger partial charge in [0.05, 0.1) is 0 Å². The Morgan fingerprint density at radius 1 is 1.29 bits per heavy atom. The van der Waals surface area contributed by atoms with Gasteiger partial charge in [0.2, 0.25) is 11.8 Å². The Bertz CT molecular complexity index is 486. The fraction of sp³-hybridized carbons (Fsp3) is 0.500. The van der Waals surface area contributed by atoms with Gasteiger partial charge in [-0.1, -0.05) is 26.0 Å². The third-order valence-electron chi connectivity index (χ3n) is 3.07. The third-order valence-corrected chi connectivity index (χ3v) is 3.07. The van der Waals surface area contributed by atoms with Crippen LogP contribution >= 0.6 is 0 Å². The van der Waals surface area contributed by atoms with E-state index >= 15 is 0 Å². The Kier molecular flexibility index (Phi) is 6.88. The number of amides is 2. The number of rotatable bonds is 7. The summed E-state index contributed by atoms with van der Waals surface area (Å²) in [6, 6.07) is 7.95. The molecular formula is C16H25N3O2. The van der Waals surface area contributed by atoms with Crippen LogP contribution < -0.4 is 10.6 Å². The van der Waals surface area contributed by atoms with Crippen LogP contribution in [0, 0.1) is 0 Å². The first-order valence-corrected chi connectivity index (χ1v) is 7.22. The predicted molar refractivity (Wildman–Crippen MR) is 85.0 cm³/mol. The van der Waals surface area contributed by atoms with E-state index in [1.165, 1.54) is 6.92 Å². The average molecular weight is 291 g/mol. The van der Waals surface area contributed by atoms with Crippen molar-refractivity contribution in [2.45, 2.75) is 39.8 Å². The Morgan fingerprint density at radius 3 is 2.62 bits per heavy atom. The van der Waals surface area contributed by atoms with Crippen LogP contribution in [0.25, 0.3) is 0 Å². The van der Waals surface area contributed by atoms with E-state index in [0.717, 1.165) is 11.3 Å². The second-order valence-corrected chi connectivity index (χ2v) is 5.48. The smallest absolute Gasteiger partial charge is 0.225 e. The van der Waals surface area contributed by atoms with Crippen LogP contribution in [0.5, 0.6) is 0 Å². The van der Waals surface area contributed by atoms with Gasteiger partial charge in [0.1, 0.15) is 0 Å². The summed E-state index contributed by atoms with van der Waals surface area (Å²) in [4.78, 5) is 24.7. The predicted octanol–water partition coefficient (Wildman–Crippen LogP) is 1.99. The van der Waals surface area contributed by atoms with Crippen molar-refractivity contribution >= 4 is 17.5 Å². The largest absolute Gasteiger partial charge is 0.342 e. The van der Waals surface area contributed by atoms with E-state index in [2.05, 4.69) is 10.6 Å². The summed E-state index contributed by atoms with van der Waals surface area (Å²) in [7, 11) is 1.76. The lowest BCUT2D eigenvalue weighted by Crippen LogP contribution is -2.27. The summed E-state index contributed by atoms with van der Waals surface area (Å²) in [6.45, 7) is 6.83. The molecule has 1 rings (SSSR count). The maximum absolute atomic E-state index is 11.8. The summed E-state index contributed by atoms with van der Waals surface area (Å²) < 4.78 is 0. The maximum Gasteiger partial charge on any atom is 0.225 e. The van der Waals surface area contributed by atoms with Crippen LogP contribution in [0.4, 0.5) is 5.69 Å². The Morgan fingerprint density at radius 2 is 2.00 bits per heavy atom. The molecule has 0 unspecified atom stereocenters. The van der Waals surface area contributed by atoms with Crippen molar-refractivity contribution in [3.63, 3.8) is 0 Å². The molecule has 0 aliphatic heterocycles. The Labute approximate surface area is 126 Å². The molecular weight excluding hydrogens is 266 g/mol. The molecule has 21 heavy (non-hydrogen) atoms. The molecule has 0 aliphatic rings. The minimum absolute atomic E-state index is 0.0137. The standard InChI is InChI=1S/C16H25N3O2/c1-12(2)17-9-8-16(21)18-15-7-5-6-14(10-15)11-19(4)13(3)20/h5-7,10,12,17H,8-9,11H2,1-4H3,(H,18,21). The number of nitrogens with one attached hydrogen (secondary N) is 2. The van der Waals surface area contributed by atoms with Gasteiger partial charge in [-0.15, -0.1) is 0 Å². The van der Waals surface area contributed by atoms with Gasteiger partial charge in [0.15, 0.2) is 0 Å². The fourth-order valence-corrected chi connectivity index (χ4v) is 1.83. The zero-order valence-electron chi connectivity index (χ0n) is 13.3. The highest BCUT2D eigenvalue weighted by Gasteiger charge is 2.06. The van der Waals surface area contributed by atoms with Gasteiger partial charge in [0, 0.05) is 45.2 Å². The van der Waals surface area contributed by atoms with E-state index in [9.17, 15) is 9.59 Å². The van der Waals surface area contributed by atoms with Gasteiger partial charge in [-0.25, -0.2) is 0 Å². The molecule has 0 radical (unpaired) electrons. The maximum atomic E-state index is 11.8. The van der Waals surface area contributed by atoms with E-state index in [1.807, 2.05) is 38.1 Å². The van der Waals surface area contributed by atoms with Crippen molar-refractivity contribution in [1.82, 2.24) is 10.2 Å². The number of anilines is 1. The van der Waals surface area contributed by atoms with E-state index in [0.29, 0.717) is 25.6 Å². The molecule has 2 amide bonds. The molecule has 0 aromatic heterocycles. The van der Waals surface area contributed by atoms with Crippen molar-refractivity contribution < 1.29 is 9.59 Å². The summed E-state index contributed by atoms with van der Waals surface area (Å²) >= 11 is 0. The molecule has 5 nitrogen and oxygen atoms in total. The van der Waals surface area contributed by atoms with Crippen LogP contribution in [0.2, 0.25) is 0 Å².